The van der Waals surface area contributed by atoms with Crippen LogP contribution in [0.2, 0.25) is 0 Å². The Balaban J connectivity index is 0.000000606. The Labute approximate surface area is 96.1 Å². The van der Waals surface area contributed by atoms with Gasteiger partial charge in [-0.3, -0.25) is 0 Å². The van der Waals surface area contributed by atoms with Crippen LogP contribution in [0.25, 0.3) is 0 Å². The number of fused-ring (bicyclic) bond motifs is 1. The fraction of sp³-hybridized carbons (Fsp3) is 0.462. The fourth-order valence-corrected chi connectivity index (χ4v) is 1.65. The summed E-state index contributed by atoms with van der Waals surface area (Å²) < 4.78 is 5.46. The second-order valence-electron chi connectivity index (χ2n) is 4.19. The van der Waals surface area contributed by atoms with Gasteiger partial charge >= 0.3 is 5.97 Å². The Hall–Kier alpha value is -1.51. The molecule has 0 aromatic heterocycles. The highest BCUT2D eigenvalue weighted by molar-refractivity contribution is 5.88. The average Bonchev–Trinajstić information content (AvgIpc) is 2.57. The van der Waals surface area contributed by atoms with Crippen molar-refractivity contribution in [2.75, 3.05) is 6.61 Å². The largest absolute Gasteiger partial charge is 0.492 e. The van der Waals surface area contributed by atoms with E-state index < -0.39 is 5.97 Å². The molecule has 1 aliphatic heterocycles. The second-order valence-corrected chi connectivity index (χ2v) is 4.19. The Morgan fingerprint density at radius 2 is 2.00 bits per heavy atom. The van der Waals surface area contributed by atoms with Gasteiger partial charge in [-0.1, -0.05) is 27.7 Å². The van der Waals surface area contributed by atoms with Crippen LogP contribution in [0.15, 0.2) is 18.2 Å². The molecule has 0 unspecified atom stereocenters. The first-order valence-electron chi connectivity index (χ1n) is 5.51. The summed E-state index contributed by atoms with van der Waals surface area (Å²) >= 11 is 0. The van der Waals surface area contributed by atoms with Crippen molar-refractivity contribution in [3.05, 3.63) is 29.3 Å². The highest BCUT2D eigenvalue weighted by atomic mass is 16.5. The summed E-state index contributed by atoms with van der Waals surface area (Å²) in [5, 5.41) is 8.85. The maximum atomic E-state index is 10.8. The van der Waals surface area contributed by atoms with E-state index >= 15 is 0 Å². The third-order valence-electron chi connectivity index (χ3n) is 2.54. The highest BCUT2D eigenvalue weighted by Crippen LogP contribution is 2.38. The molecule has 3 nitrogen and oxygen atoms in total. The van der Waals surface area contributed by atoms with E-state index in [2.05, 4.69) is 0 Å². The van der Waals surface area contributed by atoms with Crippen molar-refractivity contribution in [2.24, 2.45) is 0 Å². The average molecular weight is 222 g/mol. The summed E-state index contributed by atoms with van der Waals surface area (Å²) in [7, 11) is 0. The summed E-state index contributed by atoms with van der Waals surface area (Å²) in [4.78, 5) is 10.8. The van der Waals surface area contributed by atoms with E-state index in [1.165, 1.54) is 0 Å². The molecule has 0 amide bonds. The molecule has 1 heterocycles. The molecule has 1 aromatic rings. The Kier molecular flexibility index (Phi) is 3.58. The Bertz CT molecular complexity index is 394. The molecule has 0 atom stereocenters. The van der Waals surface area contributed by atoms with Gasteiger partial charge in [0, 0.05) is 11.0 Å². The summed E-state index contributed by atoms with van der Waals surface area (Å²) in [6, 6.07) is 5.00. The standard InChI is InChI=1S/C11H12O3.C2H6/c1-11(2)6-14-9-4-3-7(10(12)13)5-8(9)11;1-2/h3-5H,6H2,1-2H3,(H,12,13);1-2H3. The van der Waals surface area contributed by atoms with Crippen molar-refractivity contribution in [3.8, 4) is 5.75 Å². The minimum absolute atomic E-state index is 0.0825. The van der Waals surface area contributed by atoms with E-state index in [4.69, 9.17) is 9.84 Å². The fourth-order valence-electron chi connectivity index (χ4n) is 1.65. The molecule has 1 aromatic carbocycles. The van der Waals surface area contributed by atoms with Crippen LogP contribution in [0.4, 0.5) is 0 Å². The molecular formula is C13H18O3. The number of carboxylic acid groups (broad SMARTS) is 1. The van der Waals surface area contributed by atoms with Crippen molar-refractivity contribution in [1.82, 2.24) is 0 Å². The lowest BCUT2D eigenvalue weighted by molar-refractivity contribution is 0.0697. The number of carboxylic acids is 1. The van der Waals surface area contributed by atoms with E-state index in [0.717, 1.165) is 11.3 Å². The Morgan fingerprint density at radius 1 is 1.38 bits per heavy atom. The summed E-state index contributed by atoms with van der Waals surface area (Å²) in [5.74, 6) is -0.0875. The monoisotopic (exact) mass is 222 g/mol. The zero-order valence-corrected chi connectivity index (χ0v) is 10.2. The van der Waals surface area contributed by atoms with Crippen molar-refractivity contribution < 1.29 is 14.6 Å². The highest BCUT2D eigenvalue weighted by Gasteiger charge is 2.32. The van der Waals surface area contributed by atoms with Crippen molar-refractivity contribution in [2.45, 2.75) is 33.1 Å². The van der Waals surface area contributed by atoms with E-state index in [1.54, 1.807) is 18.2 Å². The van der Waals surface area contributed by atoms with E-state index in [-0.39, 0.29) is 5.41 Å². The number of aromatic carboxylic acids is 1. The predicted octanol–water partition coefficient (Wildman–Crippen LogP) is 3.08. The van der Waals surface area contributed by atoms with Crippen LogP contribution in [0.1, 0.15) is 43.6 Å². The van der Waals surface area contributed by atoms with Crippen LogP contribution in [0, 0.1) is 0 Å². The number of hydrogen-bond donors (Lipinski definition) is 1. The van der Waals surface area contributed by atoms with Gasteiger partial charge in [-0.15, -0.1) is 0 Å². The molecular weight excluding hydrogens is 204 g/mol. The molecule has 16 heavy (non-hydrogen) atoms. The van der Waals surface area contributed by atoms with Crippen LogP contribution < -0.4 is 4.74 Å². The van der Waals surface area contributed by atoms with Gasteiger partial charge in [0.1, 0.15) is 5.75 Å². The van der Waals surface area contributed by atoms with E-state index in [0.29, 0.717) is 12.2 Å². The third-order valence-corrected chi connectivity index (χ3v) is 2.54. The van der Waals surface area contributed by atoms with E-state index in [1.807, 2.05) is 27.7 Å². The zero-order chi connectivity index (χ0) is 12.3. The predicted molar refractivity (Wildman–Crippen MR) is 63.3 cm³/mol. The second kappa shape index (κ2) is 4.56. The van der Waals surface area contributed by atoms with Crippen molar-refractivity contribution >= 4 is 5.97 Å². The minimum atomic E-state index is -0.893. The topological polar surface area (TPSA) is 46.5 Å². The molecule has 0 aliphatic carbocycles. The number of rotatable bonds is 1. The van der Waals surface area contributed by atoms with E-state index in [9.17, 15) is 4.79 Å². The molecule has 0 saturated heterocycles. The molecule has 3 heteroatoms. The van der Waals surface area contributed by atoms with Crippen LogP contribution >= 0.6 is 0 Å². The zero-order valence-electron chi connectivity index (χ0n) is 10.2. The van der Waals surface area contributed by atoms with Gasteiger partial charge < -0.3 is 9.84 Å². The number of hydrogen-bond acceptors (Lipinski definition) is 2. The summed E-state index contributed by atoms with van der Waals surface area (Å²) in [5.41, 5.74) is 1.22. The molecule has 1 N–H and O–H groups in total. The summed E-state index contributed by atoms with van der Waals surface area (Å²) in [6.07, 6.45) is 0. The molecule has 0 fully saturated rings. The number of benzene rings is 1. The quantitative estimate of drug-likeness (QED) is 0.794. The van der Waals surface area contributed by atoms with Crippen molar-refractivity contribution in [1.29, 1.82) is 0 Å². The first-order valence-corrected chi connectivity index (χ1v) is 5.51. The molecule has 0 bridgehead atoms. The van der Waals surface area contributed by atoms with Gasteiger partial charge in [-0.2, -0.15) is 0 Å². The van der Waals surface area contributed by atoms with Crippen LogP contribution in [0.5, 0.6) is 5.75 Å². The van der Waals surface area contributed by atoms with Crippen molar-refractivity contribution in [3.63, 3.8) is 0 Å². The lowest BCUT2D eigenvalue weighted by Gasteiger charge is -2.15. The van der Waals surface area contributed by atoms with Gasteiger partial charge in [-0.25, -0.2) is 4.79 Å². The number of carbonyl (C=O) groups is 1. The van der Waals surface area contributed by atoms with Gasteiger partial charge in [0.15, 0.2) is 0 Å². The van der Waals surface area contributed by atoms with Gasteiger partial charge in [0.05, 0.1) is 12.2 Å². The SMILES string of the molecule is CC.CC1(C)COc2ccc(C(=O)O)cc21. The summed E-state index contributed by atoms with van der Waals surface area (Å²) in [6.45, 7) is 8.71. The van der Waals surface area contributed by atoms with Gasteiger partial charge in [-0.05, 0) is 18.2 Å². The van der Waals surface area contributed by atoms with Crippen LogP contribution in [-0.4, -0.2) is 17.7 Å². The maximum Gasteiger partial charge on any atom is 0.335 e. The molecule has 0 saturated carbocycles. The molecule has 0 spiro atoms. The minimum Gasteiger partial charge on any atom is -0.492 e. The van der Waals surface area contributed by atoms with Crippen LogP contribution in [-0.2, 0) is 5.41 Å². The lowest BCUT2D eigenvalue weighted by Crippen LogP contribution is -2.18. The third kappa shape index (κ3) is 2.18. The normalized spacial score (nSPS) is 15.5. The number of ether oxygens (including phenoxy) is 1. The molecule has 2 rings (SSSR count). The smallest absolute Gasteiger partial charge is 0.335 e. The molecule has 0 radical (unpaired) electrons. The lowest BCUT2D eigenvalue weighted by atomic mass is 9.86. The first kappa shape index (κ1) is 12.6. The Morgan fingerprint density at radius 3 is 2.56 bits per heavy atom. The van der Waals surface area contributed by atoms with Gasteiger partial charge in [0.2, 0.25) is 0 Å². The first-order chi connectivity index (χ1) is 7.50. The van der Waals surface area contributed by atoms with Gasteiger partial charge in [0.25, 0.3) is 0 Å². The maximum absolute atomic E-state index is 10.8. The molecule has 88 valence electrons. The molecule has 1 aliphatic rings. The van der Waals surface area contributed by atoms with Crippen LogP contribution in [0.3, 0.4) is 0 Å².